The minimum atomic E-state index is -0.536. The number of carbonyl (C=O) groups is 2. The second-order valence-corrected chi connectivity index (χ2v) is 9.68. The van der Waals surface area contributed by atoms with Crippen LogP contribution in [0.2, 0.25) is 0 Å². The van der Waals surface area contributed by atoms with Crippen LogP contribution in [-0.4, -0.2) is 97.7 Å². The highest BCUT2D eigenvalue weighted by Gasteiger charge is 2.18. The van der Waals surface area contributed by atoms with Crippen LogP contribution in [0.25, 0.3) is 0 Å². The van der Waals surface area contributed by atoms with E-state index in [9.17, 15) is 9.59 Å². The van der Waals surface area contributed by atoms with Gasteiger partial charge in [0, 0.05) is 52.1 Å². The fourth-order valence-corrected chi connectivity index (χ4v) is 4.19. The molecule has 0 aromatic carbocycles. The molecule has 1 rings (SSSR count). The number of amides is 1. The third kappa shape index (κ3) is 15.7. The van der Waals surface area contributed by atoms with Crippen LogP contribution in [0.4, 0.5) is 0 Å². The Hall–Kier alpha value is -2.28. The lowest BCUT2D eigenvalue weighted by Gasteiger charge is -2.34. The number of hydrogen-bond donors (Lipinski definition) is 7. The maximum atomic E-state index is 12.2. The highest BCUT2D eigenvalue weighted by Crippen LogP contribution is 2.09. The molecule has 12 nitrogen and oxygen atoms in total. The molecule has 1 fully saturated rings. The number of nitrogens with zero attached hydrogens (tertiary/aromatic N) is 3. The Kier molecular flexibility index (Phi) is 16.7. The van der Waals surface area contributed by atoms with Crippen molar-refractivity contribution in [1.82, 2.24) is 15.1 Å². The van der Waals surface area contributed by atoms with E-state index in [1.807, 2.05) is 0 Å². The van der Waals surface area contributed by atoms with E-state index in [1.165, 1.54) is 0 Å². The van der Waals surface area contributed by atoms with E-state index in [-0.39, 0.29) is 23.5 Å². The van der Waals surface area contributed by atoms with Gasteiger partial charge in [0.05, 0.1) is 17.9 Å². The predicted octanol–water partition coefficient (Wildman–Crippen LogP) is -0.946. The van der Waals surface area contributed by atoms with Crippen molar-refractivity contribution in [3.05, 3.63) is 0 Å². The van der Waals surface area contributed by atoms with Gasteiger partial charge in [-0.05, 0) is 58.0 Å². The van der Waals surface area contributed by atoms with Crippen molar-refractivity contribution >= 4 is 23.5 Å². The molecule has 1 aliphatic rings. The summed E-state index contributed by atoms with van der Waals surface area (Å²) in [5.74, 6) is 0.253. The van der Waals surface area contributed by atoms with E-state index in [1.54, 1.807) is 0 Å². The number of aliphatic imine (C=N–C) groups is 1. The van der Waals surface area contributed by atoms with Gasteiger partial charge in [0.15, 0.2) is 5.96 Å². The molecule has 0 bridgehead atoms. The third-order valence-electron chi connectivity index (χ3n) is 6.49. The summed E-state index contributed by atoms with van der Waals surface area (Å²) in [6.07, 6.45) is 7.42. The Balaban J connectivity index is 2.03. The molecular formula is C24H50N10O2. The zero-order valence-electron chi connectivity index (χ0n) is 21.9. The number of nitrogens with one attached hydrogen (secondary N) is 2. The molecule has 36 heavy (non-hydrogen) atoms. The second kappa shape index (κ2) is 18.9. The van der Waals surface area contributed by atoms with E-state index in [4.69, 9.17) is 34.1 Å². The quantitative estimate of drug-likeness (QED) is 0.0609. The lowest BCUT2D eigenvalue weighted by Crippen LogP contribution is -2.47. The van der Waals surface area contributed by atoms with E-state index in [0.717, 1.165) is 71.4 Å². The van der Waals surface area contributed by atoms with Gasteiger partial charge >= 0.3 is 0 Å². The van der Waals surface area contributed by atoms with Crippen molar-refractivity contribution in [2.24, 2.45) is 33.7 Å². The Morgan fingerprint density at radius 2 is 1.39 bits per heavy atom. The molecule has 1 saturated heterocycles. The number of unbranched alkanes of at least 4 members (excludes halogenated alkanes) is 2. The van der Waals surface area contributed by atoms with Crippen LogP contribution >= 0.6 is 0 Å². The summed E-state index contributed by atoms with van der Waals surface area (Å²) in [7, 11) is 0. The monoisotopic (exact) mass is 510 g/mol. The summed E-state index contributed by atoms with van der Waals surface area (Å²) in [5.41, 5.74) is 27.8. The van der Waals surface area contributed by atoms with Gasteiger partial charge in [0.1, 0.15) is 5.78 Å². The van der Waals surface area contributed by atoms with Crippen molar-refractivity contribution in [3.8, 4) is 0 Å². The van der Waals surface area contributed by atoms with E-state index in [0.29, 0.717) is 45.2 Å². The molecule has 0 saturated carbocycles. The lowest BCUT2D eigenvalue weighted by molar-refractivity contribution is -0.122. The standard InChI is InChI=1S/C24H50N10O2/c25-19(7-1-2-10-22(27)28)21(35)9-3-4-13-33-15-17-34(18-16-33)14-6-12-31-23(36)20(26)8-5-11-32-24(29)30/h19-20H,1-18,25-26H2,(H3,27,28)(H,31,36)(H4,29,30,32)/t19-,20-/m0/s1. The average Bonchev–Trinajstić information content (AvgIpc) is 2.84. The number of nitrogens with two attached hydrogens (primary N) is 5. The summed E-state index contributed by atoms with van der Waals surface area (Å²) in [5, 5.41) is 10.1. The third-order valence-corrected chi connectivity index (χ3v) is 6.49. The molecule has 0 aromatic heterocycles. The molecule has 0 radical (unpaired) electrons. The van der Waals surface area contributed by atoms with Gasteiger partial charge < -0.3 is 43.8 Å². The molecule has 1 amide bonds. The molecular weight excluding hydrogens is 460 g/mol. The minimum absolute atomic E-state index is 0.0520. The van der Waals surface area contributed by atoms with Crippen LogP contribution in [0.5, 0.6) is 0 Å². The fraction of sp³-hybridized carbons (Fsp3) is 0.833. The van der Waals surface area contributed by atoms with Crippen molar-refractivity contribution in [2.45, 2.75) is 76.3 Å². The van der Waals surface area contributed by atoms with Crippen LogP contribution in [0.15, 0.2) is 4.99 Å². The van der Waals surface area contributed by atoms with Gasteiger partial charge in [-0.3, -0.25) is 20.0 Å². The van der Waals surface area contributed by atoms with Crippen LogP contribution in [0.1, 0.15) is 64.2 Å². The first-order valence-corrected chi connectivity index (χ1v) is 13.3. The summed E-state index contributed by atoms with van der Waals surface area (Å²) >= 11 is 0. The summed E-state index contributed by atoms with van der Waals surface area (Å²) in [6, 6.07) is -0.927. The molecule has 12 heteroatoms. The zero-order chi connectivity index (χ0) is 26.8. The summed E-state index contributed by atoms with van der Waals surface area (Å²) in [6.45, 7) is 7.13. The Labute approximate surface area is 216 Å². The van der Waals surface area contributed by atoms with Crippen molar-refractivity contribution in [1.29, 1.82) is 5.41 Å². The number of carbonyl (C=O) groups excluding carboxylic acids is 2. The topological polar surface area (TPSA) is 219 Å². The smallest absolute Gasteiger partial charge is 0.236 e. The number of amidine groups is 1. The molecule has 1 aliphatic heterocycles. The summed E-state index contributed by atoms with van der Waals surface area (Å²) in [4.78, 5) is 33.0. The van der Waals surface area contributed by atoms with Gasteiger partial charge in [-0.2, -0.15) is 0 Å². The Morgan fingerprint density at radius 1 is 0.806 bits per heavy atom. The largest absolute Gasteiger partial charge is 0.388 e. The van der Waals surface area contributed by atoms with Crippen LogP contribution in [0, 0.1) is 5.41 Å². The van der Waals surface area contributed by atoms with Gasteiger partial charge in [0.25, 0.3) is 0 Å². The molecule has 0 aromatic rings. The predicted molar refractivity (Wildman–Crippen MR) is 146 cm³/mol. The maximum absolute atomic E-state index is 12.2. The molecule has 1 heterocycles. The molecule has 0 aliphatic carbocycles. The van der Waals surface area contributed by atoms with Crippen LogP contribution in [0.3, 0.4) is 0 Å². The van der Waals surface area contributed by atoms with E-state index in [2.05, 4.69) is 20.1 Å². The molecule has 0 unspecified atom stereocenters. The number of hydrogen-bond acceptors (Lipinski definition) is 8. The second-order valence-electron chi connectivity index (χ2n) is 9.68. The number of ketones is 1. The van der Waals surface area contributed by atoms with E-state index < -0.39 is 12.1 Å². The first-order valence-electron chi connectivity index (χ1n) is 13.3. The Bertz CT molecular complexity index is 676. The van der Waals surface area contributed by atoms with Gasteiger partial charge in [-0.25, -0.2) is 0 Å². The van der Waals surface area contributed by atoms with Gasteiger partial charge in [-0.15, -0.1) is 0 Å². The number of rotatable bonds is 20. The number of Topliss-reactive ketones (excluding diaryl/α,β-unsaturated/α-hetero) is 1. The Morgan fingerprint density at radius 3 is 2.00 bits per heavy atom. The molecule has 12 N–H and O–H groups in total. The molecule has 208 valence electrons. The number of piperazine rings is 1. The van der Waals surface area contributed by atoms with Gasteiger partial charge in [0.2, 0.25) is 5.91 Å². The van der Waals surface area contributed by atoms with Crippen LogP contribution in [-0.2, 0) is 9.59 Å². The van der Waals surface area contributed by atoms with Crippen molar-refractivity contribution in [2.75, 3.05) is 52.4 Å². The van der Waals surface area contributed by atoms with Crippen molar-refractivity contribution in [3.63, 3.8) is 0 Å². The minimum Gasteiger partial charge on any atom is -0.388 e. The first-order chi connectivity index (χ1) is 17.2. The fourth-order valence-electron chi connectivity index (χ4n) is 4.19. The van der Waals surface area contributed by atoms with E-state index >= 15 is 0 Å². The SMILES string of the molecule is N=C(N)CCCC[C@H](N)C(=O)CCCCN1CCN(CCCNC(=O)[C@@H](N)CCCN=C(N)N)CC1. The van der Waals surface area contributed by atoms with Gasteiger partial charge in [-0.1, -0.05) is 6.42 Å². The normalized spacial score (nSPS) is 16.3. The highest BCUT2D eigenvalue weighted by molar-refractivity contribution is 5.83. The lowest BCUT2D eigenvalue weighted by atomic mass is 10.0. The van der Waals surface area contributed by atoms with Crippen LogP contribution < -0.4 is 34.0 Å². The first kappa shape index (κ1) is 31.7. The summed E-state index contributed by atoms with van der Waals surface area (Å²) < 4.78 is 0. The van der Waals surface area contributed by atoms with Crippen molar-refractivity contribution < 1.29 is 9.59 Å². The maximum Gasteiger partial charge on any atom is 0.236 e. The average molecular weight is 511 g/mol. The zero-order valence-corrected chi connectivity index (χ0v) is 21.9. The number of guanidine groups is 1. The highest BCUT2D eigenvalue weighted by atomic mass is 16.2. The molecule has 0 spiro atoms. The molecule has 2 atom stereocenters.